The fourth-order valence-corrected chi connectivity index (χ4v) is 4.56. The van der Waals surface area contributed by atoms with E-state index in [1.807, 2.05) is 18.2 Å². The Bertz CT molecular complexity index is 600. The highest BCUT2D eigenvalue weighted by atomic mass is 35.5. The number of methoxy groups -OCH3 is 1. The fraction of sp³-hybridized carbons (Fsp3) is 0.357. The van der Waals surface area contributed by atoms with E-state index in [0.717, 1.165) is 21.9 Å². The number of benzene rings is 1. The number of esters is 1. The zero-order chi connectivity index (χ0) is 14.5. The lowest BCUT2D eigenvalue weighted by atomic mass is 10.2. The first-order valence-corrected chi connectivity index (χ1v) is 8.55. The molecule has 2 aromatic rings. The Balaban J connectivity index is 1.87. The van der Waals surface area contributed by atoms with Gasteiger partial charge in [-0.25, -0.2) is 0 Å². The highest BCUT2D eigenvalue weighted by Gasteiger charge is 2.14. The van der Waals surface area contributed by atoms with Crippen LogP contribution >= 0.6 is 34.7 Å². The molecular weight excluding hydrogens is 314 g/mol. The van der Waals surface area contributed by atoms with Crippen LogP contribution in [0.4, 0.5) is 0 Å². The van der Waals surface area contributed by atoms with Gasteiger partial charge in [0.15, 0.2) is 0 Å². The van der Waals surface area contributed by atoms with Gasteiger partial charge >= 0.3 is 5.97 Å². The predicted octanol–water partition coefficient (Wildman–Crippen LogP) is 3.68. The Kier molecular flexibility index (Phi) is 5.72. The maximum Gasteiger partial charge on any atom is 0.322 e. The minimum atomic E-state index is -0.537. The van der Waals surface area contributed by atoms with Gasteiger partial charge in [0.05, 0.1) is 12.1 Å². The van der Waals surface area contributed by atoms with Crippen LogP contribution in [-0.2, 0) is 15.3 Å². The lowest BCUT2D eigenvalue weighted by molar-refractivity contribution is -0.142. The molecular formula is C14H16ClNO2S2. The number of ether oxygens (including phenoxy) is 1. The molecule has 2 rings (SSSR count). The van der Waals surface area contributed by atoms with Crippen LogP contribution in [0.25, 0.3) is 10.1 Å². The lowest BCUT2D eigenvalue weighted by Crippen LogP contribution is -2.31. The number of hydrogen-bond donors (Lipinski definition) is 1. The van der Waals surface area contributed by atoms with Gasteiger partial charge in [-0.05, 0) is 18.2 Å². The van der Waals surface area contributed by atoms with Gasteiger partial charge in [0.1, 0.15) is 6.04 Å². The summed E-state index contributed by atoms with van der Waals surface area (Å²) >= 11 is 9.82. The maximum atomic E-state index is 11.2. The lowest BCUT2D eigenvalue weighted by Gasteiger charge is -2.08. The Hall–Kier alpha value is -0.750. The minimum absolute atomic E-state index is 0.356. The smallest absolute Gasteiger partial charge is 0.322 e. The van der Waals surface area contributed by atoms with E-state index in [1.54, 1.807) is 23.1 Å². The van der Waals surface area contributed by atoms with Crippen molar-refractivity contribution in [3.63, 3.8) is 0 Å². The van der Waals surface area contributed by atoms with Gasteiger partial charge in [-0.1, -0.05) is 29.8 Å². The molecule has 0 aliphatic carbocycles. The average molecular weight is 330 g/mol. The number of halogens is 1. The molecule has 1 aromatic heterocycles. The van der Waals surface area contributed by atoms with Gasteiger partial charge in [-0.15, -0.1) is 11.3 Å². The van der Waals surface area contributed by atoms with Crippen LogP contribution in [-0.4, -0.2) is 24.9 Å². The molecule has 1 heterocycles. The maximum absolute atomic E-state index is 11.2. The molecule has 0 aliphatic heterocycles. The second-order valence-electron chi connectivity index (χ2n) is 4.31. The Labute approximate surface area is 131 Å². The van der Waals surface area contributed by atoms with Gasteiger partial charge < -0.3 is 10.5 Å². The number of fused-ring (bicyclic) bond motifs is 1. The zero-order valence-corrected chi connectivity index (χ0v) is 13.5. The van der Waals surface area contributed by atoms with Crippen LogP contribution in [0.1, 0.15) is 11.3 Å². The number of thiophene rings is 1. The monoisotopic (exact) mass is 329 g/mol. The molecule has 0 saturated carbocycles. The van der Waals surface area contributed by atoms with Crippen molar-refractivity contribution in [2.75, 3.05) is 12.9 Å². The summed E-state index contributed by atoms with van der Waals surface area (Å²) in [7, 11) is 1.35. The zero-order valence-electron chi connectivity index (χ0n) is 11.1. The van der Waals surface area contributed by atoms with Crippen molar-refractivity contribution in [1.29, 1.82) is 0 Å². The van der Waals surface area contributed by atoms with E-state index in [0.29, 0.717) is 6.42 Å². The minimum Gasteiger partial charge on any atom is -0.468 e. The molecule has 0 aliphatic rings. The van der Waals surface area contributed by atoms with Crippen molar-refractivity contribution >= 4 is 50.8 Å². The number of carbonyl (C=O) groups excluding carboxylic acids is 1. The van der Waals surface area contributed by atoms with E-state index in [1.165, 1.54) is 16.7 Å². The molecule has 20 heavy (non-hydrogen) atoms. The van der Waals surface area contributed by atoms with Crippen LogP contribution in [0.3, 0.4) is 0 Å². The third kappa shape index (κ3) is 3.67. The molecule has 0 radical (unpaired) electrons. The first-order valence-electron chi connectivity index (χ1n) is 6.20. The summed E-state index contributed by atoms with van der Waals surface area (Å²) in [5, 5.41) is 1.95. The summed E-state index contributed by atoms with van der Waals surface area (Å²) < 4.78 is 5.80. The Morgan fingerprint density at radius 3 is 2.95 bits per heavy atom. The van der Waals surface area contributed by atoms with Crippen LogP contribution in [0.15, 0.2) is 24.3 Å². The molecule has 1 atom stereocenters. The standard InChI is InChI=1S/C14H16ClNO2S2/c1-18-14(17)10(16)6-7-19-8-12-13(15)9-4-2-3-5-11(9)20-12/h2-5,10H,6-8,16H2,1H3. The van der Waals surface area contributed by atoms with Crippen molar-refractivity contribution in [2.45, 2.75) is 18.2 Å². The second-order valence-corrected chi connectivity index (χ2v) is 6.93. The number of hydrogen-bond acceptors (Lipinski definition) is 5. The molecule has 0 fully saturated rings. The molecule has 108 valence electrons. The van der Waals surface area contributed by atoms with Crippen LogP contribution in [0.2, 0.25) is 5.02 Å². The number of carbonyl (C=O) groups is 1. The van der Waals surface area contributed by atoms with Crippen molar-refractivity contribution in [1.82, 2.24) is 0 Å². The van der Waals surface area contributed by atoms with Gasteiger partial charge in [-0.3, -0.25) is 4.79 Å². The topological polar surface area (TPSA) is 52.3 Å². The fourth-order valence-electron chi connectivity index (χ4n) is 1.80. The predicted molar refractivity (Wildman–Crippen MR) is 87.6 cm³/mol. The average Bonchev–Trinajstić information content (AvgIpc) is 2.79. The number of thioether (sulfide) groups is 1. The molecule has 6 heteroatoms. The third-order valence-electron chi connectivity index (χ3n) is 2.91. The molecule has 0 bridgehead atoms. The van der Waals surface area contributed by atoms with E-state index in [-0.39, 0.29) is 5.97 Å². The Morgan fingerprint density at radius 2 is 2.25 bits per heavy atom. The molecule has 0 spiro atoms. The normalized spacial score (nSPS) is 12.6. The summed E-state index contributed by atoms with van der Waals surface area (Å²) in [6.07, 6.45) is 0.611. The van der Waals surface area contributed by atoms with Crippen LogP contribution < -0.4 is 5.73 Å². The molecule has 1 aromatic carbocycles. The quantitative estimate of drug-likeness (QED) is 0.649. The first-order chi connectivity index (χ1) is 9.63. The molecule has 2 N–H and O–H groups in total. The van der Waals surface area contributed by atoms with Crippen LogP contribution in [0, 0.1) is 0 Å². The highest BCUT2D eigenvalue weighted by molar-refractivity contribution is 7.98. The number of rotatable bonds is 6. The third-order valence-corrected chi connectivity index (χ3v) is 5.83. The number of nitrogens with two attached hydrogens (primary N) is 1. The molecule has 0 amide bonds. The molecule has 0 saturated heterocycles. The van der Waals surface area contributed by atoms with Crippen molar-refractivity contribution in [2.24, 2.45) is 5.73 Å². The van der Waals surface area contributed by atoms with E-state index >= 15 is 0 Å². The second kappa shape index (κ2) is 7.31. The van der Waals surface area contributed by atoms with E-state index in [9.17, 15) is 4.79 Å². The highest BCUT2D eigenvalue weighted by Crippen LogP contribution is 2.37. The van der Waals surface area contributed by atoms with Gasteiger partial charge in [-0.2, -0.15) is 11.8 Å². The van der Waals surface area contributed by atoms with Crippen LogP contribution in [0.5, 0.6) is 0 Å². The van der Waals surface area contributed by atoms with Gasteiger partial charge in [0, 0.05) is 20.7 Å². The summed E-state index contributed by atoms with van der Waals surface area (Å²) in [4.78, 5) is 12.3. The molecule has 1 unspecified atom stereocenters. The van der Waals surface area contributed by atoms with Gasteiger partial charge in [0.2, 0.25) is 0 Å². The van der Waals surface area contributed by atoms with Crippen molar-refractivity contribution in [3.05, 3.63) is 34.2 Å². The van der Waals surface area contributed by atoms with Gasteiger partial charge in [0.25, 0.3) is 0 Å². The largest absolute Gasteiger partial charge is 0.468 e. The summed E-state index contributed by atoms with van der Waals surface area (Å²) in [5.41, 5.74) is 5.69. The van der Waals surface area contributed by atoms with E-state index in [4.69, 9.17) is 17.3 Å². The SMILES string of the molecule is COC(=O)C(N)CCSCc1sc2ccccc2c1Cl. The van der Waals surface area contributed by atoms with E-state index in [2.05, 4.69) is 10.8 Å². The first kappa shape index (κ1) is 15.6. The Morgan fingerprint density at radius 1 is 1.50 bits per heavy atom. The molecule has 3 nitrogen and oxygen atoms in total. The van der Waals surface area contributed by atoms with E-state index < -0.39 is 6.04 Å². The summed E-state index contributed by atoms with van der Waals surface area (Å²) in [6, 6.07) is 7.59. The van der Waals surface area contributed by atoms with Crippen molar-refractivity contribution in [3.8, 4) is 0 Å². The summed E-state index contributed by atoms with van der Waals surface area (Å²) in [5.74, 6) is 1.29. The summed E-state index contributed by atoms with van der Waals surface area (Å²) in [6.45, 7) is 0. The van der Waals surface area contributed by atoms with Crippen molar-refractivity contribution < 1.29 is 9.53 Å².